The molecule has 1 aromatic heterocycles. The summed E-state index contributed by atoms with van der Waals surface area (Å²) in [4.78, 5) is 25.0. The van der Waals surface area contributed by atoms with Gasteiger partial charge >= 0.3 is 0 Å². The number of pyridine rings is 1. The van der Waals surface area contributed by atoms with Crippen LogP contribution in [0.1, 0.15) is 50.2 Å². The largest absolute Gasteiger partial charge is 0.490 e. The van der Waals surface area contributed by atoms with Crippen molar-refractivity contribution in [1.82, 2.24) is 9.88 Å². The second-order valence-electron chi connectivity index (χ2n) is 9.35. The lowest BCUT2D eigenvalue weighted by atomic mass is 9.94. The predicted octanol–water partition coefficient (Wildman–Crippen LogP) is 8.30. The molecule has 1 saturated heterocycles. The Morgan fingerprint density at radius 3 is 2.59 bits per heavy atom. The monoisotopic (exact) mass is 581 g/mol. The van der Waals surface area contributed by atoms with Gasteiger partial charge < -0.3 is 9.47 Å². The van der Waals surface area contributed by atoms with Gasteiger partial charge in [0.1, 0.15) is 6.61 Å². The van der Waals surface area contributed by atoms with Crippen LogP contribution < -0.4 is 9.47 Å². The Labute approximate surface area is 243 Å². The highest BCUT2D eigenvalue weighted by Crippen LogP contribution is 2.40. The van der Waals surface area contributed by atoms with Gasteiger partial charge in [-0.25, -0.2) is 4.99 Å². The average Bonchev–Trinajstić information content (AvgIpc) is 3.25. The number of halogens is 2. The van der Waals surface area contributed by atoms with Crippen molar-refractivity contribution in [3.05, 3.63) is 87.0 Å². The predicted molar refractivity (Wildman–Crippen MR) is 159 cm³/mol. The summed E-state index contributed by atoms with van der Waals surface area (Å²) in [6.07, 6.45) is 10.5. The molecule has 6 nitrogen and oxygen atoms in total. The third kappa shape index (κ3) is 6.78. The summed E-state index contributed by atoms with van der Waals surface area (Å²) in [5.74, 6) is 1.23. The molecular weight excluding hydrogens is 553 g/mol. The maximum absolute atomic E-state index is 13.7. The lowest BCUT2D eigenvalue weighted by Gasteiger charge is -2.30. The van der Waals surface area contributed by atoms with Crippen LogP contribution in [-0.2, 0) is 11.4 Å². The highest BCUT2D eigenvalue weighted by molar-refractivity contribution is 8.18. The maximum atomic E-state index is 13.7. The summed E-state index contributed by atoms with van der Waals surface area (Å²) >= 11 is 13.7. The molecule has 1 saturated carbocycles. The van der Waals surface area contributed by atoms with Crippen LogP contribution in [0.3, 0.4) is 0 Å². The van der Waals surface area contributed by atoms with Crippen molar-refractivity contribution in [1.29, 1.82) is 0 Å². The Bertz CT molecular complexity index is 1390. The molecule has 0 spiro atoms. The van der Waals surface area contributed by atoms with Crippen molar-refractivity contribution in [2.24, 2.45) is 4.99 Å². The van der Waals surface area contributed by atoms with Gasteiger partial charge in [0.25, 0.3) is 5.91 Å². The van der Waals surface area contributed by atoms with Crippen LogP contribution in [0.5, 0.6) is 11.5 Å². The summed E-state index contributed by atoms with van der Waals surface area (Å²) < 4.78 is 11.9. The first-order chi connectivity index (χ1) is 19.0. The smallest absolute Gasteiger partial charge is 0.267 e. The third-order valence-electron chi connectivity index (χ3n) is 6.62. The van der Waals surface area contributed by atoms with E-state index in [9.17, 15) is 4.79 Å². The average molecular weight is 583 g/mol. The number of hydrogen-bond acceptors (Lipinski definition) is 6. The summed E-state index contributed by atoms with van der Waals surface area (Å²) in [6, 6.07) is 15.1. The molecule has 202 valence electrons. The van der Waals surface area contributed by atoms with E-state index >= 15 is 0 Å². The number of amidine groups is 1. The number of ether oxygens (including phenoxy) is 2. The molecule has 0 radical (unpaired) electrons. The van der Waals surface area contributed by atoms with Crippen LogP contribution in [0.2, 0.25) is 10.0 Å². The van der Waals surface area contributed by atoms with Gasteiger partial charge in [0, 0.05) is 23.5 Å². The van der Waals surface area contributed by atoms with Crippen molar-refractivity contribution >= 4 is 57.8 Å². The Hall–Kier alpha value is -3.00. The minimum atomic E-state index is -0.0307. The molecule has 2 fully saturated rings. The molecular formula is C30H29Cl2N3O3S. The van der Waals surface area contributed by atoms with Gasteiger partial charge in [0.2, 0.25) is 0 Å². The normalized spacial score (nSPS) is 18.2. The van der Waals surface area contributed by atoms with Crippen LogP contribution in [-0.4, -0.2) is 33.6 Å². The molecule has 0 bridgehead atoms. The highest BCUT2D eigenvalue weighted by Gasteiger charge is 2.38. The summed E-state index contributed by atoms with van der Waals surface area (Å²) in [5, 5.41) is 1.79. The van der Waals surface area contributed by atoms with E-state index in [4.69, 9.17) is 37.7 Å². The van der Waals surface area contributed by atoms with Gasteiger partial charge in [-0.05, 0) is 79.1 Å². The molecule has 1 amide bonds. The quantitative estimate of drug-likeness (QED) is 0.250. The van der Waals surface area contributed by atoms with Crippen LogP contribution in [0.25, 0.3) is 6.08 Å². The molecule has 0 atom stereocenters. The molecule has 0 unspecified atom stereocenters. The van der Waals surface area contributed by atoms with Gasteiger partial charge in [-0.1, -0.05) is 60.7 Å². The Kier molecular flexibility index (Phi) is 9.12. The first-order valence-electron chi connectivity index (χ1n) is 13.1. The number of hydrogen-bond donors (Lipinski definition) is 0. The molecule has 1 aliphatic heterocycles. The number of benzene rings is 2. The number of carbonyl (C=O) groups excluding carboxylic acids is 1. The first kappa shape index (κ1) is 27.6. The van der Waals surface area contributed by atoms with Gasteiger partial charge in [-0.3, -0.25) is 14.7 Å². The van der Waals surface area contributed by atoms with Gasteiger partial charge in [0.15, 0.2) is 16.7 Å². The number of thioether (sulfide) groups is 1. The number of nitrogens with zero attached hydrogens (tertiary/aromatic N) is 3. The molecule has 2 aliphatic rings. The third-order valence-corrected chi connectivity index (χ3v) is 8.14. The van der Waals surface area contributed by atoms with E-state index < -0.39 is 0 Å². The van der Waals surface area contributed by atoms with Crippen molar-refractivity contribution in [3.63, 3.8) is 0 Å². The molecule has 39 heavy (non-hydrogen) atoms. The summed E-state index contributed by atoms with van der Waals surface area (Å²) in [6.45, 7) is 2.81. The zero-order chi connectivity index (χ0) is 27.2. The van der Waals surface area contributed by atoms with Crippen molar-refractivity contribution in [2.45, 2.75) is 51.7 Å². The lowest BCUT2D eigenvalue weighted by molar-refractivity contribution is -0.124. The molecule has 5 rings (SSSR count). The van der Waals surface area contributed by atoms with E-state index in [1.165, 1.54) is 18.2 Å². The summed E-state index contributed by atoms with van der Waals surface area (Å²) in [7, 11) is 0. The Morgan fingerprint density at radius 2 is 1.85 bits per heavy atom. The van der Waals surface area contributed by atoms with Gasteiger partial charge in [-0.15, -0.1) is 0 Å². The zero-order valence-electron chi connectivity index (χ0n) is 21.6. The number of aromatic nitrogens is 1. The van der Waals surface area contributed by atoms with E-state index in [1.807, 2.05) is 60.4 Å². The minimum Gasteiger partial charge on any atom is -0.490 e. The highest BCUT2D eigenvalue weighted by atomic mass is 35.5. The molecule has 1 aliphatic carbocycles. The van der Waals surface area contributed by atoms with E-state index in [-0.39, 0.29) is 11.9 Å². The number of rotatable bonds is 8. The second-order valence-corrected chi connectivity index (χ2v) is 11.2. The fraction of sp³-hybridized carbons (Fsp3) is 0.300. The van der Waals surface area contributed by atoms with Crippen LogP contribution in [0, 0.1) is 0 Å². The van der Waals surface area contributed by atoms with E-state index in [0.29, 0.717) is 50.5 Å². The van der Waals surface area contributed by atoms with Crippen LogP contribution >= 0.6 is 35.0 Å². The van der Waals surface area contributed by atoms with Crippen molar-refractivity contribution < 1.29 is 14.3 Å². The second kappa shape index (κ2) is 12.9. The lowest BCUT2D eigenvalue weighted by Crippen LogP contribution is -2.40. The topological polar surface area (TPSA) is 64.0 Å². The molecule has 9 heteroatoms. The minimum absolute atomic E-state index is 0.0307. The fourth-order valence-corrected chi connectivity index (χ4v) is 6.02. The molecule has 2 aromatic carbocycles. The van der Waals surface area contributed by atoms with E-state index in [1.54, 1.807) is 18.5 Å². The van der Waals surface area contributed by atoms with E-state index in [2.05, 4.69) is 4.98 Å². The molecule has 3 aromatic rings. The standard InChI is InChI=1S/C30H29Cl2N3O3S/c1-2-37-27-16-21(10-13-26(27)38-19-20-8-11-22(31)12-9-20)17-28-29(36)35(23-6-4-3-5-7-23)30(39-28)34-25-14-15-33-18-24(25)32/h8-18,23H,2-7,19H2,1H3/b28-17-,34-30?. The van der Waals surface area contributed by atoms with Gasteiger partial charge in [-0.2, -0.15) is 0 Å². The van der Waals surface area contributed by atoms with Gasteiger partial charge in [0.05, 0.1) is 22.2 Å². The number of carbonyl (C=O) groups is 1. The van der Waals surface area contributed by atoms with Crippen molar-refractivity contribution in [3.8, 4) is 11.5 Å². The van der Waals surface area contributed by atoms with Crippen LogP contribution in [0.15, 0.2) is 70.8 Å². The number of aliphatic imine (C=N–C) groups is 1. The first-order valence-corrected chi connectivity index (χ1v) is 14.6. The SMILES string of the molecule is CCOc1cc(/C=C2\SC(=Nc3ccncc3Cl)N(C3CCCCC3)C2=O)ccc1OCc1ccc(Cl)cc1. The maximum Gasteiger partial charge on any atom is 0.267 e. The molecule has 0 N–H and O–H groups in total. The Balaban J connectivity index is 1.42. The zero-order valence-corrected chi connectivity index (χ0v) is 23.9. The fourth-order valence-electron chi connectivity index (χ4n) is 4.68. The van der Waals surface area contributed by atoms with Crippen molar-refractivity contribution in [2.75, 3.05) is 6.61 Å². The van der Waals surface area contributed by atoms with Crippen LogP contribution in [0.4, 0.5) is 5.69 Å². The van der Waals surface area contributed by atoms with E-state index in [0.717, 1.165) is 36.8 Å². The number of amides is 1. The molecule has 2 heterocycles. The summed E-state index contributed by atoms with van der Waals surface area (Å²) in [5.41, 5.74) is 2.45. The Morgan fingerprint density at radius 1 is 1.05 bits per heavy atom.